The minimum Gasteiger partial charge on any atom is -0.463 e. The van der Waals surface area contributed by atoms with E-state index >= 15 is 0 Å². The van der Waals surface area contributed by atoms with E-state index in [2.05, 4.69) is 10.6 Å². The third kappa shape index (κ3) is 5.72. The molecule has 1 aromatic heterocycles. The summed E-state index contributed by atoms with van der Waals surface area (Å²) in [5, 5.41) is 7.21. The number of para-hydroxylation sites is 1. The van der Waals surface area contributed by atoms with Gasteiger partial charge in [-0.3, -0.25) is 14.4 Å². The lowest BCUT2D eigenvalue weighted by atomic mass is 10.1. The SMILES string of the molecule is CC(C)OC(=O)CCNC(=O)c1ccccc1NC(=O)c1cccs1. The zero-order valence-corrected chi connectivity index (χ0v) is 14.9. The molecule has 0 saturated heterocycles. The number of benzene rings is 1. The first-order chi connectivity index (χ1) is 12.0. The summed E-state index contributed by atoms with van der Waals surface area (Å²) in [6.45, 7) is 3.70. The van der Waals surface area contributed by atoms with Crippen LogP contribution in [0.2, 0.25) is 0 Å². The minimum absolute atomic E-state index is 0.0909. The molecular weight excluding hydrogens is 340 g/mol. The molecule has 0 bridgehead atoms. The molecule has 6 nitrogen and oxygen atoms in total. The summed E-state index contributed by atoms with van der Waals surface area (Å²) in [7, 11) is 0. The normalized spacial score (nSPS) is 10.4. The Kier molecular flexibility index (Phi) is 6.71. The Hall–Kier alpha value is -2.67. The number of ether oxygens (including phenoxy) is 1. The maximum absolute atomic E-state index is 12.3. The van der Waals surface area contributed by atoms with E-state index in [1.54, 1.807) is 50.2 Å². The fourth-order valence-electron chi connectivity index (χ4n) is 2.08. The van der Waals surface area contributed by atoms with Crippen LogP contribution < -0.4 is 10.6 Å². The molecule has 1 aromatic carbocycles. The summed E-state index contributed by atoms with van der Waals surface area (Å²) in [6.07, 6.45) is -0.0930. The summed E-state index contributed by atoms with van der Waals surface area (Å²) in [5.74, 6) is -0.996. The molecule has 132 valence electrons. The van der Waals surface area contributed by atoms with E-state index in [1.165, 1.54) is 11.3 Å². The second-order valence-corrected chi connectivity index (χ2v) is 6.47. The molecule has 0 atom stereocenters. The molecule has 0 aliphatic carbocycles. The van der Waals surface area contributed by atoms with Gasteiger partial charge in [0, 0.05) is 6.54 Å². The molecule has 2 rings (SSSR count). The Balaban J connectivity index is 1.96. The van der Waals surface area contributed by atoms with Crippen LogP contribution in [0.3, 0.4) is 0 Å². The van der Waals surface area contributed by atoms with E-state index in [-0.39, 0.29) is 36.9 Å². The molecule has 2 aromatic rings. The number of thiophene rings is 1. The number of hydrogen-bond donors (Lipinski definition) is 2. The van der Waals surface area contributed by atoms with Gasteiger partial charge < -0.3 is 15.4 Å². The van der Waals surface area contributed by atoms with Crippen LogP contribution in [0.4, 0.5) is 5.69 Å². The maximum atomic E-state index is 12.3. The number of hydrogen-bond acceptors (Lipinski definition) is 5. The molecule has 0 aliphatic rings. The van der Waals surface area contributed by atoms with E-state index in [0.29, 0.717) is 16.1 Å². The lowest BCUT2D eigenvalue weighted by Gasteiger charge is -2.11. The van der Waals surface area contributed by atoms with Crippen molar-refractivity contribution in [1.29, 1.82) is 0 Å². The quantitative estimate of drug-likeness (QED) is 0.743. The number of rotatable bonds is 7. The highest BCUT2D eigenvalue weighted by atomic mass is 32.1. The lowest BCUT2D eigenvalue weighted by Crippen LogP contribution is -2.28. The standard InChI is InChI=1S/C18H20N2O4S/c1-12(2)24-16(21)9-10-19-17(22)13-6-3-4-7-14(13)20-18(23)15-8-5-11-25-15/h3-8,11-12H,9-10H2,1-2H3,(H,19,22)(H,20,23). The molecular formula is C18H20N2O4S. The van der Waals surface area contributed by atoms with Crippen molar-refractivity contribution >= 4 is 34.8 Å². The van der Waals surface area contributed by atoms with Gasteiger partial charge in [-0.1, -0.05) is 18.2 Å². The average Bonchev–Trinajstić information content (AvgIpc) is 3.09. The van der Waals surface area contributed by atoms with Crippen molar-refractivity contribution in [2.24, 2.45) is 0 Å². The highest BCUT2D eigenvalue weighted by Crippen LogP contribution is 2.18. The smallest absolute Gasteiger partial charge is 0.307 e. The van der Waals surface area contributed by atoms with Gasteiger partial charge in [-0.2, -0.15) is 0 Å². The number of anilines is 1. The van der Waals surface area contributed by atoms with E-state index in [9.17, 15) is 14.4 Å². The van der Waals surface area contributed by atoms with Gasteiger partial charge in [0.05, 0.1) is 28.7 Å². The molecule has 0 aliphatic heterocycles. The molecule has 0 fully saturated rings. The van der Waals surface area contributed by atoms with Gasteiger partial charge in [0.15, 0.2) is 0 Å². The molecule has 2 amide bonds. The third-order valence-corrected chi connectivity index (χ3v) is 4.02. The van der Waals surface area contributed by atoms with Gasteiger partial charge in [-0.25, -0.2) is 0 Å². The van der Waals surface area contributed by atoms with Crippen molar-refractivity contribution in [3.8, 4) is 0 Å². The van der Waals surface area contributed by atoms with Crippen molar-refractivity contribution in [3.05, 3.63) is 52.2 Å². The number of amides is 2. The summed E-state index contributed by atoms with van der Waals surface area (Å²) >= 11 is 1.32. The molecule has 0 radical (unpaired) electrons. The average molecular weight is 360 g/mol. The van der Waals surface area contributed by atoms with Gasteiger partial charge in [0.25, 0.3) is 11.8 Å². The van der Waals surface area contributed by atoms with Crippen molar-refractivity contribution in [3.63, 3.8) is 0 Å². The molecule has 0 spiro atoms. The summed E-state index contributed by atoms with van der Waals surface area (Å²) in [5.41, 5.74) is 0.757. The molecule has 25 heavy (non-hydrogen) atoms. The summed E-state index contributed by atoms with van der Waals surface area (Å²) < 4.78 is 5.01. The van der Waals surface area contributed by atoms with Gasteiger partial charge in [-0.15, -0.1) is 11.3 Å². The number of carbonyl (C=O) groups is 3. The highest BCUT2D eigenvalue weighted by Gasteiger charge is 2.15. The number of carbonyl (C=O) groups excluding carboxylic acids is 3. The van der Waals surface area contributed by atoms with Gasteiger partial charge in [0.2, 0.25) is 0 Å². The lowest BCUT2D eigenvalue weighted by molar-refractivity contribution is -0.147. The second-order valence-electron chi connectivity index (χ2n) is 5.52. The van der Waals surface area contributed by atoms with Gasteiger partial charge >= 0.3 is 5.97 Å². The molecule has 0 unspecified atom stereocenters. The second kappa shape index (κ2) is 8.98. The first-order valence-electron chi connectivity index (χ1n) is 7.89. The fraction of sp³-hybridized carbons (Fsp3) is 0.278. The summed E-state index contributed by atoms with van der Waals surface area (Å²) in [6, 6.07) is 10.2. The Labute approximate surface area is 150 Å². The van der Waals surface area contributed by atoms with Crippen LogP contribution in [0.15, 0.2) is 41.8 Å². The first-order valence-corrected chi connectivity index (χ1v) is 8.77. The Bertz CT molecular complexity index is 741. The van der Waals surface area contributed by atoms with E-state index in [1.807, 2.05) is 5.38 Å². The van der Waals surface area contributed by atoms with Crippen LogP contribution in [0.5, 0.6) is 0 Å². The van der Waals surface area contributed by atoms with Crippen LogP contribution in [0.25, 0.3) is 0 Å². The van der Waals surface area contributed by atoms with E-state index < -0.39 is 0 Å². The van der Waals surface area contributed by atoms with Crippen LogP contribution >= 0.6 is 11.3 Å². The largest absolute Gasteiger partial charge is 0.463 e. The van der Waals surface area contributed by atoms with Crippen LogP contribution in [0, 0.1) is 0 Å². The fourth-order valence-corrected chi connectivity index (χ4v) is 2.70. The highest BCUT2D eigenvalue weighted by molar-refractivity contribution is 7.12. The predicted octanol–water partition coefficient (Wildman–Crippen LogP) is 3.07. The Morgan fingerprint density at radius 1 is 1.08 bits per heavy atom. The minimum atomic E-state index is -0.366. The van der Waals surface area contributed by atoms with Crippen LogP contribution in [-0.2, 0) is 9.53 Å². The zero-order chi connectivity index (χ0) is 18.2. The zero-order valence-electron chi connectivity index (χ0n) is 14.1. The van der Waals surface area contributed by atoms with Crippen LogP contribution in [0.1, 0.15) is 40.3 Å². The van der Waals surface area contributed by atoms with Gasteiger partial charge in [-0.05, 0) is 37.4 Å². The Morgan fingerprint density at radius 2 is 1.84 bits per heavy atom. The van der Waals surface area contributed by atoms with E-state index in [0.717, 1.165) is 0 Å². The first kappa shape index (κ1) is 18.7. The van der Waals surface area contributed by atoms with Crippen molar-refractivity contribution in [2.75, 3.05) is 11.9 Å². The Morgan fingerprint density at radius 3 is 2.52 bits per heavy atom. The number of esters is 1. The molecule has 0 saturated carbocycles. The van der Waals surface area contributed by atoms with Crippen LogP contribution in [-0.4, -0.2) is 30.4 Å². The van der Waals surface area contributed by atoms with Crippen molar-refractivity contribution in [1.82, 2.24) is 5.32 Å². The predicted molar refractivity (Wildman–Crippen MR) is 96.9 cm³/mol. The van der Waals surface area contributed by atoms with Crippen molar-refractivity contribution < 1.29 is 19.1 Å². The summed E-state index contributed by atoms with van der Waals surface area (Å²) in [4.78, 5) is 36.5. The molecule has 7 heteroatoms. The topological polar surface area (TPSA) is 84.5 Å². The van der Waals surface area contributed by atoms with E-state index in [4.69, 9.17) is 4.74 Å². The monoisotopic (exact) mass is 360 g/mol. The molecule has 1 heterocycles. The third-order valence-electron chi connectivity index (χ3n) is 3.15. The number of nitrogens with one attached hydrogen (secondary N) is 2. The van der Waals surface area contributed by atoms with Crippen molar-refractivity contribution in [2.45, 2.75) is 26.4 Å². The maximum Gasteiger partial charge on any atom is 0.307 e. The van der Waals surface area contributed by atoms with Gasteiger partial charge in [0.1, 0.15) is 0 Å². The molecule has 2 N–H and O–H groups in total.